The van der Waals surface area contributed by atoms with E-state index in [-0.39, 0.29) is 5.91 Å². The molecule has 0 saturated carbocycles. The van der Waals surface area contributed by atoms with E-state index in [2.05, 4.69) is 42.9 Å². The minimum Gasteiger partial charge on any atom is -0.431 e. The molecule has 3 aromatic rings. The molecule has 0 fully saturated rings. The smallest absolute Gasteiger partial charge is 0.279 e. The molecule has 5 nitrogen and oxygen atoms in total. The highest BCUT2D eigenvalue weighted by molar-refractivity contribution is 7.20. The molecule has 0 bridgehead atoms. The largest absolute Gasteiger partial charge is 0.431 e. The highest BCUT2D eigenvalue weighted by Crippen LogP contribution is 2.31. The first-order chi connectivity index (χ1) is 13.4. The molecule has 0 aliphatic rings. The standard InChI is InChI=1S/C22H27N3O2S/c1-15(2)25(16(3)4)13-12-23-21(26)17-10-11-19-20(14-17)28-22(24-19)27-18-8-6-5-7-9-18/h5-11,14-16H,12-13H2,1-4H3,(H,23,26). The molecule has 1 aromatic heterocycles. The van der Waals surface area contributed by atoms with Gasteiger partial charge in [-0.15, -0.1) is 0 Å². The summed E-state index contributed by atoms with van der Waals surface area (Å²) in [6.45, 7) is 10.2. The fraction of sp³-hybridized carbons (Fsp3) is 0.364. The van der Waals surface area contributed by atoms with E-state index in [9.17, 15) is 4.79 Å². The third-order valence-corrected chi connectivity index (χ3v) is 5.46. The summed E-state index contributed by atoms with van der Waals surface area (Å²) in [7, 11) is 0. The average molecular weight is 398 g/mol. The van der Waals surface area contributed by atoms with Crippen molar-refractivity contribution in [2.24, 2.45) is 0 Å². The number of thiazole rings is 1. The zero-order chi connectivity index (χ0) is 20.1. The fourth-order valence-electron chi connectivity index (χ4n) is 3.19. The van der Waals surface area contributed by atoms with Crippen molar-refractivity contribution >= 4 is 27.5 Å². The van der Waals surface area contributed by atoms with Crippen molar-refractivity contribution in [2.45, 2.75) is 39.8 Å². The summed E-state index contributed by atoms with van der Waals surface area (Å²) in [4.78, 5) is 19.4. The molecule has 1 amide bonds. The van der Waals surface area contributed by atoms with Crippen LogP contribution in [0.15, 0.2) is 48.5 Å². The highest BCUT2D eigenvalue weighted by Gasteiger charge is 2.14. The number of rotatable bonds is 8. The molecule has 1 N–H and O–H groups in total. The molecule has 0 radical (unpaired) electrons. The Morgan fingerprint density at radius 3 is 2.50 bits per heavy atom. The fourth-order valence-corrected chi connectivity index (χ4v) is 4.07. The Morgan fingerprint density at radius 1 is 1.11 bits per heavy atom. The first kappa shape index (κ1) is 20.3. The van der Waals surface area contributed by atoms with Crippen LogP contribution in [0, 0.1) is 0 Å². The van der Waals surface area contributed by atoms with Crippen LogP contribution in [0.3, 0.4) is 0 Å². The van der Waals surface area contributed by atoms with Crippen molar-refractivity contribution in [3.63, 3.8) is 0 Å². The molecule has 3 rings (SSSR count). The highest BCUT2D eigenvalue weighted by atomic mass is 32.1. The second-order valence-corrected chi connectivity index (χ2v) is 8.25. The Bertz CT molecular complexity index is 914. The molecule has 28 heavy (non-hydrogen) atoms. The van der Waals surface area contributed by atoms with Crippen molar-refractivity contribution in [1.82, 2.24) is 15.2 Å². The maximum Gasteiger partial charge on any atom is 0.279 e. The third-order valence-electron chi connectivity index (χ3n) is 4.56. The Labute approximate surface area is 170 Å². The van der Waals surface area contributed by atoms with E-state index in [4.69, 9.17) is 4.74 Å². The lowest BCUT2D eigenvalue weighted by molar-refractivity contribution is 0.0939. The van der Waals surface area contributed by atoms with Crippen molar-refractivity contribution < 1.29 is 9.53 Å². The van der Waals surface area contributed by atoms with Crippen LogP contribution in [0.5, 0.6) is 10.9 Å². The van der Waals surface area contributed by atoms with E-state index in [1.165, 1.54) is 11.3 Å². The van der Waals surface area contributed by atoms with Gasteiger partial charge in [0.2, 0.25) is 0 Å². The van der Waals surface area contributed by atoms with E-state index in [0.717, 1.165) is 22.5 Å². The molecule has 148 valence electrons. The Kier molecular flexibility index (Phi) is 6.65. The number of fused-ring (bicyclic) bond motifs is 1. The van der Waals surface area contributed by atoms with Crippen LogP contribution in [0.4, 0.5) is 0 Å². The summed E-state index contributed by atoms with van der Waals surface area (Å²) >= 11 is 1.44. The van der Waals surface area contributed by atoms with Gasteiger partial charge in [0.1, 0.15) is 5.75 Å². The SMILES string of the molecule is CC(C)N(CCNC(=O)c1ccc2nc(Oc3ccccc3)sc2c1)C(C)C. The van der Waals surface area contributed by atoms with Gasteiger partial charge in [-0.25, -0.2) is 4.98 Å². The number of hydrogen-bond acceptors (Lipinski definition) is 5. The lowest BCUT2D eigenvalue weighted by atomic mass is 10.2. The lowest BCUT2D eigenvalue weighted by Gasteiger charge is -2.30. The van der Waals surface area contributed by atoms with E-state index in [1.807, 2.05) is 48.5 Å². The number of amides is 1. The van der Waals surface area contributed by atoms with Gasteiger partial charge in [-0.05, 0) is 58.0 Å². The number of carbonyl (C=O) groups excluding carboxylic acids is 1. The molecular formula is C22H27N3O2S. The minimum absolute atomic E-state index is 0.0618. The number of ether oxygens (including phenoxy) is 1. The summed E-state index contributed by atoms with van der Waals surface area (Å²) < 4.78 is 6.74. The third kappa shape index (κ3) is 5.09. The molecular weight excluding hydrogens is 370 g/mol. The molecule has 0 aliphatic heterocycles. The second kappa shape index (κ2) is 9.17. The van der Waals surface area contributed by atoms with Gasteiger partial charge < -0.3 is 10.1 Å². The number of benzene rings is 2. The molecule has 0 spiro atoms. The zero-order valence-corrected chi connectivity index (χ0v) is 17.6. The zero-order valence-electron chi connectivity index (χ0n) is 16.8. The Morgan fingerprint density at radius 2 is 1.82 bits per heavy atom. The summed E-state index contributed by atoms with van der Waals surface area (Å²) in [6, 6.07) is 16.0. The predicted molar refractivity (Wildman–Crippen MR) is 115 cm³/mol. The average Bonchev–Trinajstić information content (AvgIpc) is 3.06. The Balaban J connectivity index is 1.64. The van der Waals surface area contributed by atoms with E-state index in [0.29, 0.717) is 29.4 Å². The van der Waals surface area contributed by atoms with Crippen LogP contribution < -0.4 is 10.1 Å². The summed E-state index contributed by atoms with van der Waals surface area (Å²) in [5.74, 6) is 0.688. The molecule has 0 aliphatic carbocycles. The van der Waals surface area contributed by atoms with Gasteiger partial charge in [-0.3, -0.25) is 9.69 Å². The van der Waals surface area contributed by atoms with Crippen molar-refractivity contribution in [3.05, 3.63) is 54.1 Å². The van der Waals surface area contributed by atoms with Gasteiger partial charge in [-0.1, -0.05) is 29.5 Å². The molecule has 0 unspecified atom stereocenters. The van der Waals surface area contributed by atoms with Crippen LogP contribution >= 0.6 is 11.3 Å². The lowest BCUT2D eigenvalue weighted by Crippen LogP contribution is -2.42. The Hall–Kier alpha value is -2.44. The quantitative estimate of drug-likeness (QED) is 0.585. The normalized spacial score (nSPS) is 11.5. The van der Waals surface area contributed by atoms with E-state index < -0.39 is 0 Å². The molecule has 0 saturated heterocycles. The van der Waals surface area contributed by atoms with Crippen LogP contribution in [-0.4, -0.2) is 41.0 Å². The van der Waals surface area contributed by atoms with Gasteiger partial charge in [0.25, 0.3) is 11.1 Å². The predicted octanol–water partition coefficient (Wildman–Crippen LogP) is 4.94. The van der Waals surface area contributed by atoms with Gasteiger partial charge >= 0.3 is 0 Å². The minimum atomic E-state index is -0.0618. The molecule has 0 atom stereocenters. The monoisotopic (exact) mass is 397 g/mol. The number of nitrogens with one attached hydrogen (secondary N) is 1. The number of nitrogens with zero attached hydrogens (tertiary/aromatic N) is 2. The molecule has 1 heterocycles. The van der Waals surface area contributed by atoms with Crippen LogP contribution in [0.25, 0.3) is 10.2 Å². The van der Waals surface area contributed by atoms with Crippen molar-refractivity contribution in [1.29, 1.82) is 0 Å². The van der Waals surface area contributed by atoms with E-state index >= 15 is 0 Å². The number of aromatic nitrogens is 1. The van der Waals surface area contributed by atoms with Crippen LogP contribution in [-0.2, 0) is 0 Å². The summed E-state index contributed by atoms with van der Waals surface area (Å²) in [5.41, 5.74) is 1.47. The molecule has 6 heteroatoms. The summed E-state index contributed by atoms with van der Waals surface area (Å²) in [5, 5.41) is 3.60. The topological polar surface area (TPSA) is 54.5 Å². The number of hydrogen-bond donors (Lipinski definition) is 1. The van der Waals surface area contributed by atoms with Gasteiger partial charge in [-0.2, -0.15) is 0 Å². The summed E-state index contributed by atoms with van der Waals surface area (Å²) in [6.07, 6.45) is 0. The maximum absolute atomic E-state index is 12.5. The number of para-hydroxylation sites is 1. The van der Waals surface area contributed by atoms with Gasteiger partial charge in [0, 0.05) is 30.7 Å². The maximum atomic E-state index is 12.5. The number of carbonyl (C=O) groups is 1. The second-order valence-electron chi connectivity index (χ2n) is 7.26. The van der Waals surface area contributed by atoms with Gasteiger partial charge in [0.15, 0.2) is 0 Å². The van der Waals surface area contributed by atoms with Crippen LogP contribution in [0.1, 0.15) is 38.1 Å². The van der Waals surface area contributed by atoms with Crippen molar-refractivity contribution in [3.8, 4) is 10.9 Å². The van der Waals surface area contributed by atoms with Crippen LogP contribution in [0.2, 0.25) is 0 Å². The van der Waals surface area contributed by atoms with Crippen molar-refractivity contribution in [2.75, 3.05) is 13.1 Å². The van der Waals surface area contributed by atoms with E-state index in [1.54, 1.807) is 0 Å². The first-order valence-electron chi connectivity index (χ1n) is 9.61. The van der Waals surface area contributed by atoms with Gasteiger partial charge in [0.05, 0.1) is 10.2 Å². The molecule has 2 aromatic carbocycles. The first-order valence-corrected chi connectivity index (χ1v) is 10.4.